The lowest BCUT2D eigenvalue weighted by Gasteiger charge is -2.12. The van der Waals surface area contributed by atoms with E-state index < -0.39 is 19.2 Å². The maximum atomic E-state index is 12.0. The summed E-state index contributed by atoms with van der Waals surface area (Å²) in [4.78, 5) is 3.97. The number of alkyl halides is 3. The minimum absolute atomic E-state index is 0.267. The Kier molecular flexibility index (Phi) is 6.08. The lowest BCUT2D eigenvalue weighted by Crippen LogP contribution is -2.20. The molecule has 19 heavy (non-hydrogen) atoms. The van der Waals surface area contributed by atoms with E-state index >= 15 is 0 Å². The van der Waals surface area contributed by atoms with Crippen LogP contribution in [-0.4, -0.2) is 24.3 Å². The van der Waals surface area contributed by atoms with Crippen LogP contribution in [0.3, 0.4) is 0 Å². The molecule has 0 saturated carbocycles. The number of halogens is 3. The minimum atomic E-state index is -4.20. The molecular weight excluding hydrogens is 257 g/mol. The highest BCUT2D eigenvalue weighted by Gasteiger charge is 2.27. The molecule has 0 aromatic carbocycles. The summed E-state index contributed by atoms with van der Waals surface area (Å²) in [6.45, 7) is 5.12. The molecule has 1 aromatic rings. The number of aromatic nitrogens is 1. The first-order valence-corrected chi connectivity index (χ1v) is 6.22. The Morgan fingerprint density at radius 1 is 1.37 bits per heavy atom. The molecule has 0 saturated heterocycles. The molecule has 3 nitrogen and oxygen atoms in total. The first-order valence-electron chi connectivity index (χ1n) is 6.22. The number of nitrogens with one attached hydrogen (secondary N) is 1. The molecule has 6 heteroatoms. The second kappa shape index (κ2) is 7.33. The van der Waals surface area contributed by atoms with Crippen LogP contribution in [0.2, 0.25) is 0 Å². The van der Waals surface area contributed by atoms with Crippen molar-refractivity contribution in [2.75, 3.05) is 13.2 Å². The van der Waals surface area contributed by atoms with Crippen molar-refractivity contribution in [3.63, 3.8) is 0 Å². The Morgan fingerprint density at radius 3 is 2.74 bits per heavy atom. The van der Waals surface area contributed by atoms with Crippen LogP contribution in [-0.2, 0) is 6.54 Å². The number of ether oxygens (including phenoxy) is 1. The van der Waals surface area contributed by atoms with Crippen molar-refractivity contribution in [3.8, 4) is 5.88 Å². The second-order valence-corrected chi connectivity index (χ2v) is 4.71. The van der Waals surface area contributed by atoms with Crippen molar-refractivity contribution in [3.05, 3.63) is 23.9 Å². The normalized spacial score (nSPS) is 11.9. The maximum Gasteiger partial charge on any atom is 0.392 e. The molecule has 1 rings (SSSR count). The Bertz CT molecular complexity index is 380. The SMILES string of the molecule is CC(C)CNCc1cccnc1OCCC(F)(F)F. The molecule has 0 amide bonds. The summed E-state index contributed by atoms with van der Waals surface area (Å²) in [6.07, 6.45) is -3.66. The van der Waals surface area contributed by atoms with Gasteiger partial charge in [0.15, 0.2) is 0 Å². The van der Waals surface area contributed by atoms with Gasteiger partial charge in [-0.1, -0.05) is 19.9 Å². The number of rotatable bonds is 7. The predicted molar refractivity (Wildman–Crippen MR) is 66.9 cm³/mol. The van der Waals surface area contributed by atoms with Gasteiger partial charge in [0.1, 0.15) is 0 Å². The Labute approximate surface area is 111 Å². The first kappa shape index (κ1) is 15.8. The van der Waals surface area contributed by atoms with Gasteiger partial charge in [0, 0.05) is 18.3 Å². The maximum absolute atomic E-state index is 12.0. The average Bonchev–Trinajstić information content (AvgIpc) is 2.29. The van der Waals surface area contributed by atoms with Crippen molar-refractivity contribution < 1.29 is 17.9 Å². The van der Waals surface area contributed by atoms with Crippen LogP contribution in [0.4, 0.5) is 13.2 Å². The summed E-state index contributed by atoms with van der Waals surface area (Å²) < 4.78 is 41.2. The topological polar surface area (TPSA) is 34.2 Å². The van der Waals surface area contributed by atoms with Gasteiger partial charge in [-0.3, -0.25) is 0 Å². The van der Waals surface area contributed by atoms with Crippen LogP contribution >= 0.6 is 0 Å². The van der Waals surface area contributed by atoms with Crippen molar-refractivity contribution in [2.45, 2.75) is 33.0 Å². The Hall–Kier alpha value is -1.30. The average molecular weight is 276 g/mol. The van der Waals surface area contributed by atoms with Gasteiger partial charge in [-0.05, 0) is 18.5 Å². The molecule has 0 aliphatic carbocycles. The quantitative estimate of drug-likeness (QED) is 0.830. The molecule has 1 N–H and O–H groups in total. The van der Waals surface area contributed by atoms with Crippen molar-refractivity contribution in [1.29, 1.82) is 0 Å². The van der Waals surface area contributed by atoms with E-state index in [4.69, 9.17) is 4.74 Å². The molecule has 0 aliphatic heterocycles. The highest BCUT2D eigenvalue weighted by atomic mass is 19.4. The van der Waals surface area contributed by atoms with Crippen LogP contribution in [0.15, 0.2) is 18.3 Å². The summed E-state index contributed by atoms with van der Waals surface area (Å²) >= 11 is 0. The van der Waals surface area contributed by atoms with Gasteiger partial charge >= 0.3 is 6.18 Å². The monoisotopic (exact) mass is 276 g/mol. The third-order valence-corrected chi connectivity index (χ3v) is 2.34. The van der Waals surface area contributed by atoms with Crippen molar-refractivity contribution in [2.24, 2.45) is 5.92 Å². The van der Waals surface area contributed by atoms with Gasteiger partial charge in [0.05, 0.1) is 13.0 Å². The van der Waals surface area contributed by atoms with E-state index in [1.165, 1.54) is 6.20 Å². The van der Waals surface area contributed by atoms with Gasteiger partial charge in [-0.15, -0.1) is 0 Å². The molecule has 0 unspecified atom stereocenters. The summed E-state index contributed by atoms with van der Waals surface area (Å²) in [5.74, 6) is 0.772. The molecule has 0 spiro atoms. The zero-order valence-electron chi connectivity index (χ0n) is 11.1. The van der Waals surface area contributed by atoms with Gasteiger partial charge in [-0.2, -0.15) is 13.2 Å². The third-order valence-electron chi connectivity index (χ3n) is 2.34. The van der Waals surface area contributed by atoms with E-state index in [1.54, 1.807) is 12.1 Å². The molecule has 0 atom stereocenters. The molecule has 0 aliphatic rings. The minimum Gasteiger partial charge on any atom is -0.477 e. The van der Waals surface area contributed by atoms with E-state index in [1.807, 2.05) is 0 Å². The lowest BCUT2D eigenvalue weighted by molar-refractivity contribution is -0.139. The summed E-state index contributed by atoms with van der Waals surface area (Å²) in [5.41, 5.74) is 0.769. The summed E-state index contributed by atoms with van der Waals surface area (Å²) in [5, 5.41) is 3.21. The molecule has 0 radical (unpaired) electrons. The summed E-state index contributed by atoms with van der Waals surface area (Å²) in [7, 11) is 0. The Balaban J connectivity index is 2.48. The molecule has 1 aromatic heterocycles. The molecule has 1 heterocycles. The fourth-order valence-electron chi connectivity index (χ4n) is 1.45. The number of hydrogen-bond donors (Lipinski definition) is 1. The number of hydrogen-bond acceptors (Lipinski definition) is 3. The molecular formula is C13H19F3N2O. The fourth-order valence-corrected chi connectivity index (χ4v) is 1.45. The van der Waals surface area contributed by atoms with E-state index in [0.717, 1.165) is 12.1 Å². The first-order chi connectivity index (χ1) is 8.88. The fraction of sp³-hybridized carbons (Fsp3) is 0.615. The van der Waals surface area contributed by atoms with E-state index in [2.05, 4.69) is 24.1 Å². The van der Waals surface area contributed by atoms with E-state index in [-0.39, 0.29) is 5.88 Å². The van der Waals surface area contributed by atoms with Crippen LogP contribution in [0.25, 0.3) is 0 Å². The van der Waals surface area contributed by atoms with Crippen LogP contribution < -0.4 is 10.1 Å². The van der Waals surface area contributed by atoms with E-state index in [0.29, 0.717) is 12.5 Å². The highest BCUT2D eigenvalue weighted by molar-refractivity contribution is 5.25. The van der Waals surface area contributed by atoms with Crippen molar-refractivity contribution in [1.82, 2.24) is 10.3 Å². The Morgan fingerprint density at radius 2 is 2.11 bits per heavy atom. The van der Waals surface area contributed by atoms with Gasteiger partial charge < -0.3 is 10.1 Å². The molecule has 0 bridgehead atoms. The second-order valence-electron chi connectivity index (χ2n) is 4.71. The third kappa shape index (κ3) is 7.00. The number of pyridine rings is 1. The zero-order chi connectivity index (χ0) is 14.3. The number of nitrogens with zero attached hydrogens (tertiary/aromatic N) is 1. The molecule has 108 valence electrons. The van der Waals surface area contributed by atoms with Gasteiger partial charge in [0.25, 0.3) is 0 Å². The van der Waals surface area contributed by atoms with Crippen LogP contribution in [0.1, 0.15) is 25.8 Å². The molecule has 0 fully saturated rings. The van der Waals surface area contributed by atoms with Gasteiger partial charge in [-0.25, -0.2) is 4.98 Å². The zero-order valence-corrected chi connectivity index (χ0v) is 11.1. The van der Waals surface area contributed by atoms with Crippen molar-refractivity contribution >= 4 is 0 Å². The standard InChI is InChI=1S/C13H19F3N2O/c1-10(2)8-17-9-11-4-3-6-18-12(11)19-7-5-13(14,15)16/h3-4,6,10,17H,5,7-9H2,1-2H3. The van der Waals surface area contributed by atoms with E-state index in [9.17, 15) is 13.2 Å². The summed E-state index contributed by atoms with van der Waals surface area (Å²) in [6, 6.07) is 3.53. The lowest BCUT2D eigenvalue weighted by atomic mass is 10.2. The largest absolute Gasteiger partial charge is 0.477 e. The smallest absolute Gasteiger partial charge is 0.392 e. The van der Waals surface area contributed by atoms with Crippen LogP contribution in [0.5, 0.6) is 5.88 Å². The highest BCUT2D eigenvalue weighted by Crippen LogP contribution is 2.21. The van der Waals surface area contributed by atoms with Gasteiger partial charge in [0.2, 0.25) is 5.88 Å². The van der Waals surface area contributed by atoms with Crippen LogP contribution in [0, 0.1) is 5.92 Å². The predicted octanol–water partition coefficient (Wildman–Crippen LogP) is 3.16.